The molecule has 2 rings (SSSR count). The molecule has 108 valence electrons. The molecular weight excluding hydrogens is 244 g/mol. The van der Waals surface area contributed by atoms with Gasteiger partial charge in [0.15, 0.2) is 0 Å². The van der Waals surface area contributed by atoms with Crippen LogP contribution in [-0.2, 0) is 19.1 Å². The lowest BCUT2D eigenvalue weighted by Gasteiger charge is -2.37. The molecule has 1 aliphatic heterocycles. The Morgan fingerprint density at radius 3 is 2.74 bits per heavy atom. The fourth-order valence-electron chi connectivity index (χ4n) is 3.16. The monoisotopic (exact) mass is 268 g/mol. The van der Waals surface area contributed by atoms with E-state index in [1.807, 2.05) is 0 Å². The molecule has 4 atom stereocenters. The predicted molar refractivity (Wildman–Crippen MR) is 70.6 cm³/mol. The summed E-state index contributed by atoms with van der Waals surface area (Å²) in [5, 5.41) is 0. The van der Waals surface area contributed by atoms with Crippen LogP contribution in [0.15, 0.2) is 0 Å². The summed E-state index contributed by atoms with van der Waals surface area (Å²) >= 11 is 0. The van der Waals surface area contributed by atoms with Gasteiger partial charge in [-0.15, -0.1) is 0 Å². The van der Waals surface area contributed by atoms with Crippen LogP contribution in [0.1, 0.15) is 46.0 Å². The van der Waals surface area contributed by atoms with Crippen LogP contribution in [0, 0.1) is 17.8 Å². The van der Waals surface area contributed by atoms with Gasteiger partial charge in [-0.25, -0.2) is 0 Å². The zero-order chi connectivity index (χ0) is 13.8. The van der Waals surface area contributed by atoms with Gasteiger partial charge < -0.3 is 14.3 Å². The van der Waals surface area contributed by atoms with Gasteiger partial charge in [-0.05, 0) is 51.4 Å². The van der Waals surface area contributed by atoms with E-state index in [2.05, 4.69) is 6.92 Å². The van der Waals surface area contributed by atoms with Crippen LogP contribution in [0.25, 0.3) is 0 Å². The van der Waals surface area contributed by atoms with Crippen molar-refractivity contribution in [3.63, 3.8) is 0 Å². The summed E-state index contributed by atoms with van der Waals surface area (Å²) in [6, 6.07) is 0. The molecule has 0 N–H and O–H groups in total. The Morgan fingerprint density at radius 1 is 1.42 bits per heavy atom. The Morgan fingerprint density at radius 2 is 2.16 bits per heavy atom. The highest BCUT2D eigenvalue weighted by Crippen LogP contribution is 2.43. The van der Waals surface area contributed by atoms with Gasteiger partial charge in [0.05, 0.1) is 24.7 Å². The molecule has 0 spiro atoms. The van der Waals surface area contributed by atoms with Gasteiger partial charge in [-0.3, -0.25) is 4.79 Å². The summed E-state index contributed by atoms with van der Waals surface area (Å²) in [7, 11) is 0. The van der Waals surface area contributed by atoms with Crippen molar-refractivity contribution in [2.75, 3.05) is 6.61 Å². The summed E-state index contributed by atoms with van der Waals surface area (Å²) in [6.45, 7) is 4.24. The predicted octanol–water partition coefficient (Wildman–Crippen LogP) is 2.35. The summed E-state index contributed by atoms with van der Waals surface area (Å²) < 4.78 is 11.1. The first-order valence-electron chi connectivity index (χ1n) is 7.41. The summed E-state index contributed by atoms with van der Waals surface area (Å²) in [5.41, 5.74) is 0. The maximum absolute atomic E-state index is 12.0. The third-order valence-electron chi connectivity index (χ3n) is 4.23. The summed E-state index contributed by atoms with van der Waals surface area (Å²) in [5.74, 6) is 0.385. The average molecular weight is 268 g/mol. The lowest BCUT2D eigenvalue weighted by molar-refractivity contribution is -0.155. The first-order valence-corrected chi connectivity index (χ1v) is 7.41. The van der Waals surface area contributed by atoms with Gasteiger partial charge >= 0.3 is 5.97 Å². The molecule has 0 aromatic rings. The minimum atomic E-state index is -0.287. The highest BCUT2D eigenvalue weighted by Gasteiger charge is 2.41. The molecule has 0 radical (unpaired) electrons. The van der Waals surface area contributed by atoms with E-state index in [4.69, 9.17) is 9.47 Å². The van der Waals surface area contributed by atoms with Crippen molar-refractivity contribution in [3.05, 3.63) is 0 Å². The van der Waals surface area contributed by atoms with Crippen molar-refractivity contribution in [2.24, 2.45) is 17.8 Å². The number of carbonyl (C=O) groups is 2. The molecule has 4 nitrogen and oxygen atoms in total. The molecule has 0 amide bonds. The minimum Gasteiger partial charge on any atom is -0.466 e. The maximum atomic E-state index is 12.0. The molecular formula is C15H24O4. The smallest absolute Gasteiger partial charge is 0.309 e. The van der Waals surface area contributed by atoms with E-state index >= 15 is 0 Å². The van der Waals surface area contributed by atoms with Crippen LogP contribution < -0.4 is 0 Å². The van der Waals surface area contributed by atoms with Gasteiger partial charge in [-0.1, -0.05) is 0 Å². The summed E-state index contributed by atoms with van der Waals surface area (Å²) in [6.07, 6.45) is 5.78. The normalized spacial score (nSPS) is 32.6. The van der Waals surface area contributed by atoms with Crippen LogP contribution >= 0.6 is 0 Å². The SMILES string of the molecule is CCOC(=O)[C@@H](CC=O)[C@@H]1C[C@@H](C)O[C@H](C2CC2)C1. The lowest BCUT2D eigenvalue weighted by Crippen LogP contribution is -2.38. The number of ether oxygens (including phenoxy) is 2. The number of aldehydes is 1. The van der Waals surface area contributed by atoms with Gasteiger partial charge in [0.25, 0.3) is 0 Å². The van der Waals surface area contributed by atoms with Crippen molar-refractivity contribution in [1.29, 1.82) is 0 Å². The van der Waals surface area contributed by atoms with Crippen LogP contribution in [0.5, 0.6) is 0 Å². The van der Waals surface area contributed by atoms with Crippen molar-refractivity contribution >= 4 is 12.3 Å². The molecule has 0 unspecified atom stereocenters. The number of rotatable bonds is 6. The van der Waals surface area contributed by atoms with Crippen molar-refractivity contribution < 1.29 is 19.1 Å². The van der Waals surface area contributed by atoms with E-state index in [-0.39, 0.29) is 36.4 Å². The highest BCUT2D eigenvalue weighted by atomic mass is 16.5. The minimum absolute atomic E-state index is 0.174. The van der Waals surface area contributed by atoms with E-state index in [9.17, 15) is 9.59 Å². The second-order valence-corrected chi connectivity index (χ2v) is 5.81. The molecule has 0 aromatic heterocycles. The zero-order valence-corrected chi connectivity index (χ0v) is 11.8. The lowest BCUT2D eigenvalue weighted by atomic mass is 9.79. The van der Waals surface area contributed by atoms with E-state index in [1.54, 1.807) is 6.92 Å². The van der Waals surface area contributed by atoms with E-state index in [0.29, 0.717) is 12.5 Å². The zero-order valence-electron chi connectivity index (χ0n) is 11.8. The third kappa shape index (κ3) is 3.78. The largest absolute Gasteiger partial charge is 0.466 e. The second kappa shape index (κ2) is 6.51. The number of hydrogen-bond donors (Lipinski definition) is 0. The van der Waals surface area contributed by atoms with Crippen molar-refractivity contribution in [2.45, 2.75) is 58.2 Å². The van der Waals surface area contributed by atoms with E-state index in [1.165, 1.54) is 12.8 Å². The van der Waals surface area contributed by atoms with Crippen LogP contribution in [0.3, 0.4) is 0 Å². The second-order valence-electron chi connectivity index (χ2n) is 5.81. The highest BCUT2D eigenvalue weighted by molar-refractivity contribution is 5.75. The Hall–Kier alpha value is -0.900. The molecule has 19 heavy (non-hydrogen) atoms. The Kier molecular flexibility index (Phi) is 4.97. The topological polar surface area (TPSA) is 52.6 Å². The van der Waals surface area contributed by atoms with Gasteiger partial charge in [0.1, 0.15) is 6.29 Å². The van der Waals surface area contributed by atoms with Gasteiger partial charge in [-0.2, -0.15) is 0 Å². The maximum Gasteiger partial charge on any atom is 0.309 e. The van der Waals surface area contributed by atoms with Crippen LogP contribution in [0.2, 0.25) is 0 Å². The Bertz CT molecular complexity index is 324. The number of hydrogen-bond acceptors (Lipinski definition) is 4. The van der Waals surface area contributed by atoms with Crippen molar-refractivity contribution in [1.82, 2.24) is 0 Å². The Balaban J connectivity index is 2.01. The van der Waals surface area contributed by atoms with Gasteiger partial charge in [0, 0.05) is 6.42 Å². The average Bonchev–Trinajstić information content (AvgIpc) is 3.19. The van der Waals surface area contributed by atoms with Crippen molar-refractivity contribution in [3.8, 4) is 0 Å². The molecule has 1 aliphatic carbocycles. The van der Waals surface area contributed by atoms with Gasteiger partial charge in [0.2, 0.25) is 0 Å². The summed E-state index contributed by atoms with van der Waals surface area (Å²) in [4.78, 5) is 22.8. The molecule has 0 bridgehead atoms. The fourth-order valence-corrected chi connectivity index (χ4v) is 3.16. The standard InChI is InChI=1S/C15H24O4/c1-3-18-15(17)13(6-7-16)12-8-10(2)19-14(9-12)11-4-5-11/h7,10-14H,3-6,8-9H2,1-2H3/t10-,12-,13+,14+/m1/s1. The first kappa shape index (κ1) is 14.5. The molecule has 1 saturated heterocycles. The van der Waals surface area contributed by atoms with Crippen LogP contribution in [-0.4, -0.2) is 31.1 Å². The van der Waals surface area contributed by atoms with E-state index in [0.717, 1.165) is 19.1 Å². The first-order chi connectivity index (χ1) is 9.15. The van der Waals surface area contributed by atoms with E-state index < -0.39 is 0 Å². The molecule has 2 fully saturated rings. The molecule has 0 aromatic carbocycles. The third-order valence-corrected chi connectivity index (χ3v) is 4.23. The molecule has 4 heteroatoms. The quantitative estimate of drug-likeness (QED) is 0.548. The Labute approximate surface area is 114 Å². The number of carbonyl (C=O) groups excluding carboxylic acids is 2. The molecule has 2 aliphatic rings. The molecule has 1 heterocycles. The number of esters is 1. The van der Waals surface area contributed by atoms with Crippen LogP contribution in [0.4, 0.5) is 0 Å². The fraction of sp³-hybridized carbons (Fsp3) is 0.867. The molecule has 1 saturated carbocycles.